The van der Waals surface area contributed by atoms with Crippen LogP contribution in [0.5, 0.6) is 0 Å². The summed E-state index contributed by atoms with van der Waals surface area (Å²) < 4.78 is 0. The van der Waals surface area contributed by atoms with Crippen molar-refractivity contribution in [3.05, 3.63) is 35.4 Å². The summed E-state index contributed by atoms with van der Waals surface area (Å²) in [5.74, 6) is 0.196. The van der Waals surface area contributed by atoms with Gasteiger partial charge in [-0.25, -0.2) is 0 Å². The number of carbonyl (C=O) groups excluding carboxylic acids is 2. The predicted molar refractivity (Wildman–Crippen MR) is 106 cm³/mol. The summed E-state index contributed by atoms with van der Waals surface area (Å²) in [4.78, 5) is 29.2. The van der Waals surface area contributed by atoms with Gasteiger partial charge in [-0.15, -0.1) is 0 Å². The first-order chi connectivity index (χ1) is 13.0. The smallest absolute Gasteiger partial charge is 0.237 e. The van der Waals surface area contributed by atoms with E-state index in [0.29, 0.717) is 12.6 Å². The Morgan fingerprint density at radius 1 is 1.00 bits per heavy atom. The van der Waals surface area contributed by atoms with E-state index in [2.05, 4.69) is 33.4 Å². The molecule has 2 fully saturated rings. The van der Waals surface area contributed by atoms with Gasteiger partial charge in [0.25, 0.3) is 0 Å². The molecule has 1 heterocycles. The van der Waals surface area contributed by atoms with Gasteiger partial charge in [0.05, 0.1) is 12.1 Å². The summed E-state index contributed by atoms with van der Waals surface area (Å²) in [7, 11) is 0. The van der Waals surface area contributed by atoms with Crippen molar-refractivity contribution < 1.29 is 9.59 Å². The summed E-state index contributed by atoms with van der Waals surface area (Å²) >= 11 is 0. The maximum atomic E-state index is 12.5. The summed E-state index contributed by atoms with van der Waals surface area (Å²) in [5, 5.41) is 6.14. The molecule has 2 amide bonds. The van der Waals surface area contributed by atoms with Gasteiger partial charge in [-0.2, -0.15) is 0 Å². The molecule has 0 spiro atoms. The average molecular weight is 373 g/mol. The Morgan fingerprint density at radius 2 is 1.56 bits per heavy atom. The van der Waals surface area contributed by atoms with Crippen LogP contribution in [0.25, 0.3) is 0 Å². The molecule has 148 valence electrons. The van der Waals surface area contributed by atoms with Crippen LogP contribution < -0.4 is 10.6 Å². The lowest BCUT2D eigenvalue weighted by Crippen LogP contribution is -2.57. The number of rotatable bonds is 7. The molecular formula is C21H32N4O2. The van der Waals surface area contributed by atoms with E-state index < -0.39 is 0 Å². The summed E-state index contributed by atoms with van der Waals surface area (Å²) in [5.41, 5.74) is 2.34. The Morgan fingerprint density at radius 3 is 2.11 bits per heavy atom. The molecule has 2 unspecified atom stereocenters. The molecule has 1 saturated carbocycles. The van der Waals surface area contributed by atoms with Crippen molar-refractivity contribution >= 4 is 11.8 Å². The van der Waals surface area contributed by atoms with Gasteiger partial charge >= 0.3 is 0 Å². The Bertz CT molecular complexity index is 666. The third-order valence-electron chi connectivity index (χ3n) is 5.84. The zero-order chi connectivity index (χ0) is 19.4. The fourth-order valence-electron chi connectivity index (χ4n) is 3.53. The molecule has 6 heteroatoms. The Hall–Kier alpha value is -1.92. The van der Waals surface area contributed by atoms with Crippen molar-refractivity contribution in [2.45, 2.75) is 58.3 Å². The Kier molecular flexibility index (Phi) is 6.50. The topological polar surface area (TPSA) is 64.7 Å². The van der Waals surface area contributed by atoms with Crippen LogP contribution in [-0.4, -0.2) is 65.9 Å². The van der Waals surface area contributed by atoms with Crippen LogP contribution in [0, 0.1) is 6.92 Å². The number of nitrogens with zero attached hydrogens (tertiary/aromatic N) is 2. The van der Waals surface area contributed by atoms with Crippen LogP contribution in [-0.2, 0) is 16.1 Å². The number of piperazine rings is 1. The van der Waals surface area contributed by atoms with Gasteiger partial charge in [-0.05, 0) is 44.7 Å². The summed E-state index contributed by atoms with van der Waals surface area (Å²) in [6.45, 7) is 9.81. The van der Waals surface area contributed by atoms with E-state index in [9.17, 15) is 9.59 Å². The summed E-state index contributed by atoms with van der Waals surface area (Å²) in [6.07, 6.45) is 2.22. The quantitative estimate of drug-likeness (QED) is 0.757. The minimum atomic E-state index is -0.160. The lowest BCUT2D eigenvalue weighted by molar-refractivity contribution is -0.130. The first-order valence-electron chi connectivity index (χ1n) is 10.1. The van der Waals surface area contributed by atoms with Gasteiger partial charge in [0.15, 0.2) is 0 Å². The van der Waals surface area contributed by atoms with Crippen LogP contribution in [0.3, 0.4) is 0 Å². The number of aryl methyl sites for hydroxylation is 1. The molecule has 0 aromatic heterocycles. The maximum absolute atomic E-state index is 12.5. The van der Waals surface area contributed by atoms with E-state index in [0.717, 1.165) is 44.6 Å². The molecule has 2 atom stereocenters. The molecule has 1 aromatic carbocycles. The molecule has 6 nitrogen and oxygen atoms in total. The lowest BCUT2D eigenvalue weighted by atomic mass is 10.1. The zero-order valence-corrected chi connectivity index (χ0v) is 16.7. The summed E-state index contributed by atoms with van der Waals surface area (Å²) in [6, 6.07) is 8.26. The Labute approximate surface area is 162 Å². The van der Waals surface area contributed by atoms with Crippen LogP contribution in [0.1, 0.15) is 37.8 Å². The number of hydrogen-bond donors (Lipinski definition) is 2. The monoisotopic (exact) mass is 372 g/mol. The van der Waals surface area contributed by atoms with E-state index in [1.54, 1.807) is 0 Å². The number of carbonyl (C=O) groups is 2. The fraction of sp³-hybridized carbons (Fsp3) is 0.619. The molecule has 0 bridgehead atoms. The number of nitrogens with one attached hydrogen (secondary N) is 2. The highest BCUT2D eigenvalue weighted by Gasteiger charge is 2.31. The minimum absolute atomic E-state index is 0.0613. The average Bonchev–Trinajstić information content (AvgIpc) is 3.50. The van der Waals surface area contributed by atoms with Crippen LogP contribution in [0.4, 0.5) is 0 Å². The number of benzene rings is 1. The number of hydrogen-bond acceptors (Lipinski definition) is 4. The van der Waals surface area contributed by atoms with E-state index in [-0.39, 0.29) is 23.9 Å². The second kappa shape index (κ2) is 8.85. The van der Waals surface area contributed by atoms with Crippen LogP contribution >= 0.6 is 0 Å². The molecular weight excluding hydrogens is 340 g/mol. The highest BCUT2D eigenvalue weighted by molar-refractivity contribution is 5.82. The van der Waals surface area contributed by atoms with Crippen molar-refractivity contribution in [3.63, 3.8) is 0 Å². The maximum Gasteiger partial charge on any atom is 0.237 e. The highest BCUT2D eigenvalue weighted by Crippen LogP contribution is 2.19. The second-order valence-corrected chi connectivity index (χ2v) is 7.85. The molecule has 1 aliphatic carbocycles. The first-order valence-corrected chi connectivity index (χ1v) is 10.1. The minimum Gasteiger partial charge on any atom is -0.352 e. The molecule has 27 heavy (non-hydrogen) atoms. The van der Waals surface area contributed by atoms with Gasteiger partial charge in [0.1, 0.15) is 0 Å². The first kappa shape index (κ1) is 19.8. The van der Waals surface area contributed by atoms with Crippen molar-refractivity contribution in [1.82, 2.24) is 20.4 Å². The van der Waals surface area contributed by atoms with E-state index >= 15 is 0 Å². The van der Waals surface area contributed by atoms with Crippen LogP contribution in [0.15, 0.2) is 24.3 Å². The van der Waals surface area contributed by atoms with Crippen LogP contribution in [0.2, 0.25) is 0 Å². The van der Waals surface area contributed by atoms with E-state index in [1.807, 2.05) is 32.0 Å². The Balaban J connectivity index is 1.43. The number of amides is 2. The predicted octanol–water partition coefficient (Wildman–Crippen LogP) is 1.28. The largest absolute Gasteiger partial charge is 0.352 e. The zero-order valence-electron chi connectivity index (χ0n) is 16.7. The highest BCUT2D eigenvalue weighted by atomic mass is 16.2. The SMILES string of the molecule is Cc1ccccc1CNC(=O)C(C)N1CCN(C(C)C(=O)NC2CC2)CC1. The molecule has 0 radical (unpaired) electrons. The fourth-order valence-corrected chi connectivity index (χ4v) is 3.53. The lowest BCUT2D eigenvalue weighted by Gasteiger charge is -2.39. The third kappa shape index (κ3) is 5.30. The second-order valence-electron chi connectivity index (χ2n) is 7.85. The molecule has 1 aromatic rings. The molecule has 1 saturated heterocycles. The normalized spacial score (nSPS) is 20.7. The molecule has 2 aliphatic rings. The van der Waals surface area contributed by atoms with Gasteiger partial charge < -0.3 is 10.6 Å². The third-order valence-corrected chi connectivity index (χ3v) is 5.84. The van der Waals surface area contributed by atoms with Gasteiger partial charge in [-0.3, -0.25) is 19.4 Å². The van der Waals surface area contributed by atoms with E-state index in [4.69, 9.17) is 0 Å². The van der Waals surface area contributed by atoms with Crippen molar-refractivity contribution in [3.8, 4) is 0 Å². The standard InChI is InChI=1S/C21H32N4O2/c1-15-6-4-5-7-18(15)14-22-20(26)16(2)24-10-12-25(13-11-24)17(3)21(27)23-19-8-9-19/h4-7,16-17,19H,8-14H2,1-3H3,(H,22,26)(H,23,27). The molecule has 3 rings (SSSR count). The molecule has 2 N–H and O–H groups in total. The van der Waals surface area contributed by atoms with Gasteiger partial charge in [-0.1, -0.05) is 24.3 Å². The van der Waals surface area contributed by atoms with E-state index in [1.165, 1.54) is 5.56 Å². The van der Waals surface area contributed by atoms with Crippen molar-refractivity contribution in [2.24, 2.45) is 0 Å². The van der Waals surface area contributed by atoms with Crippen molar-refractivity contribution in [1.29, 1.82) is 0 Å². The van der Waals surface area contributed by atoms with Crippen molar-refractivity contribution in [2.75, 3.05) is 26.2 Å². The molecule has 1 aliphatic heterocycles. The van der Waals surface area contributed by atoms with Gasteiger partial charge in [0.2, 0.25) is 11.8 Å². The van der Waals surface area contributed by atoms with Gasteiger partial charge in [0, 0.05) is 38.8 Å².